The first-order valence-corrected chi connectivity index (χ1v) is 3.89. The Morgan fingerprint density at radius 1 is 1.50 bits per heavy atom. The van der Waals surface area contributed by atoms with Gasteiger partial charge in [-0.2, -0.15) is 0 Å². The number of Topliss-reactive ketones (excluding diaryl/α,β-unsaturated/α-hetero) is 1. The topological polar surface area (TPSA) is 63.6 Å². The average Bonchev–Trinajstić information content (AvgIpc) is 2.03. The molecule has 1 atom stereocenters. The number of aliphatic hydroxyl groups excluding tert-OH is 1. The summed E-state index contributed by atoms with van der Waals surface area (Å²) in [4.78, 5) is 21.5. The van der Waals surface area contributed by atoms with Crippen molar-refractivity contribution in [2.45, 2.75) is 32.3 Å². The second-order valence-corrected chi connectivity index (χ2v) is 2.53. The lowest BCUT2D eigenvalue weighted by Crippen LogP contribution is -2.24. The van der Waals surface area contributed by atoms with Crippen LogP contribution < -0.4 is 0 Å². The molecule has 0 aliphatic carbocycles. The molecule has 4 heteroatoms. The van der Waals surface area contributed by atoms with E-state index in [4.69, 9.17) is 5.11 Å². The third-order valence-electron chi connectivity index (χ3n) is 1.42. The summed E-state index contributed by atoms with van der Waals surface area (Å²) in [6, 6.07) is 0. The molecular weight excluding hydrogens is 160 g/mol. The zero-order valence-electron chi connectivity index (χ0n) is 7.37. The van der Waals surface area contributed by atoms with Crippen molar-refractivity contribution in [3.63, 3.8) is 0 Å². The van der Waals surface area contributed by atoms with Gasteiger partial charge in [-0.15, -0.1) is 0 Å². The number of rotatable bonds is 5. The molecule has 12 heavy (non-hydrogen) atoms. The van der Waals surface area contributed by atoms with Gasteiger partial charge in [0.25, 0.3) is 0 Å². The van der Waals surface area contributed by atoms with Gasteiger partial charge in [0, 0.05) is 12.8 Å². The Labute approximate surface area is 71.5 Å². The van der Waals surface area contributed by atoms with Gasteiger partial charge in [0.15, 0.2) is 6.10 Å². The number of carbonyl (C=O) groups excluding carboxylic acids is 2. The van der Waals surface area contributed by atoms with E-state index in [2.05, 4.69) is 4.74 Å². The third-order valence-corrected chi connectivity index (χ3v) is 1.42. The summed E-state index contributed by atoms with van der Waals surface area (Å²) in [6.45, 7) is 1.86. The molecule has 0 heterocycles. The van der Waals surface area contributed by atoms with Crippen LogP contribution in [0.25, 0.3) is 0 Å². The molecule has 0 amide bonds. The standard InChI is InChI=1S/C8H14O4/c1-3-4-6(9)5-7(10)8(11)12-2/h7,10H,3-5H2,1-2H3. The molecule has 0 rings (SSSR count). The maximum Gasteiger partial charge on any atom is 0.335 e. The van der Waals surface area contributed by atoms with Gasteiger partial charge in [0.1, 0.15) is 5.78 Å². The highest BCUT2D eigenvalue weighted by atomic mass is 16.5. The van der Waals surface area contributed by atoms with E-state index in [1.165, 1.54) is 7.11 Å². The van der Waals surface area contributed by atoms with Crippen LogP contribution in [0.5, 0.6) is 0 Å². The maximum absolute atomic E-state index is 10.9. The lowest BCUT2D eigenvalue weighted by molar-refractivity contribution is -0.152. The molecule has 1 N–H and O–H groups in total. The van der Waals surface area contributed by atoms with Gasteiger partial charge < -0.3 is 9.84 Å². The summed E-state index contributed by atoms with van der Waals surface area (Å²) in [6.07, 6.45) is -0.310. The Morgan fingerprint density at radius 2 is 2.08 bits per heavy atom. The van der Waals surface area contributed by atoms with Crippen molar-refractivity contribution in [3.8, 4) is 0 Å². The van der Waals surface area contributed by atoms with Gasteiger partial charge in [-0.25, -0.2) is 4.79 Å². The maximum atomic E-state index is 10.9. The minimum Gasteiger partial charge on any atom is -0.467 e. The van der Waals surface area contributed by atoms with Crippen molar-refractivity contribution in [3.05, 3.63) is 0 Å². The zero-order valence-corrected chi connectivity index (χ0v) is 7.37. The summed E-state index contributed by atoms with van der Waals surface area (Å²) >= 11 is 0. The Hall–Kier alpha value is -0.900. The first-order chi connectivity index (χ1) is 5.61. The van der Waals surface area contributed by atoms with Gasteiger partial charge in [0.05, 0.1) is 7.11 Å². The summed E-state index contributed by atoms with van der Waals surface area (Å²) in [5.74, 6) is -0.866. The molecule has 0 fully saturated rings. The van der Waals surface area contributed by atoms with E-state index in [9.17, 15) is 9.59 Å². The first-order valence-electron chi connectivity index (χ1n) is 3.89. The van der Waals surface area contributed by atoms with Gasteiger partial charge >= 0.3 is 5.97 Å². The van der Waals surface area contributed by atoms with Crippen molar-refractivity contribution in [1.82, 2.24) is 0 Å². The fourth-order valence-electron chi connectivity index (χ4n) is 0.816. The summed E-state index contributed by atoms with van der Waals surface area (Å²) < 4.78 is 4.25. The van der Waals surface area contributed by atoms with Crippen LogP contribution in [-0.4, -0.2) is 30.1 Å². The van der Waals surface area contributed by atoms with E-state index in [1.807, 2.05) is 6.92 Å². The molecule has 0 aliphatic heterocycles. The number of hydrogen-bond donors (Lipinski definition) is 1. The highest BCUT2D eigenvalue weighted by Gasteiger charge is 2.18. The number of ketones is 1. The molecule has 0 aromatic heterocycles. The predicted octanol–water partition coefficient (Wildman–Crippen LogP) is 0.280. The number of hydrogen-bond acceptors (Lipinski definition) is 4. The molecule has 0 bridgehead atoms. The van der Waals surface area contributed by atoms with Crippen molar-refractivity contribution in [2.75, 3.05) is 7.11 Å². The normalized spacial score (nSPS) is 12.2. The second kappa shape index (κ2) is 5.71. The fourth-order valence-corrected chi connectivity index (χ4v) is 0.816. The van der Waals surface area contributed by atoms with Gasteiger partial charge in [-0.1, -0.05) is 6.92 Å². The van der Waals surface area contributed by atoms with Gasteiger partial charge in [-0.05, 0) is 6.42 Å². The van der Waals surface area contributed by atoms with Crippen molar-refractivity contribution < 1.29 is 19.4 Å². The van der Waals surface area contributed by atoms with Crippen molar-refractivity contribution in [2.24, 2.45) is 0 Å². The van der Waals surface area contributed by atoms with Crippen molar-refractivity contribution in [1.29, 1.82) is 0 Å². The van der Waals surface area contributed by atoms with E-state index in [1.54, 1.807) is 0 Å². The average molecular weight is 174 g/mol. The highest BCUT2D eigenvalue weighted by Crippen LogP contribution is 2.00. The quantitative estimate of drug-likeness (QED) is 0.608. The van der Waals surface area contributed by atoms with Crippen LogP contribution in [0.1, 0.15) is 26.2 Å². The van der Waals surface area contributed by atoms with Crippen LogP contribution in [0, 0.1) is 0 Å². The third kappa shape index (κ3) is 4.08. The molecule has 0 saturated heterocycles. The molecule has 0 radical (unpaired) electrons. The van der Waals surface area contributed by atoms with E-state index in [0.29, 0.717) is 6.42 Å². The van der Waals surface area contributed by atoms with Crippen LogP contribution in [0.3, 0.4) is 0 Å². The number of esters is 1. The molecule has 70 valence electrons. The Balaban J connectivity index is 3.75. The fraction of sp³-hybridized carbons (Fsp3) is 0.750. The second-order valence-electron chi connectivity index (χ2n) is 2.53. The van der Waals surface area contributed by atoms with Crippen LogP contribution in [-0.2, 0) is 14.3 Å². The zero-order chi connectivity index (χ0) is 9.56. The highest BCUT2D eigenvalue weighted by molar-refractivity contribution is 5.85. The molecule has 0 aromatic rings. The first kappa shape index (κ1) is 11.1. The molecular formula is C8H14O4. The molecule has 4 nitrogen and oxygen atoms in total. The lowest BCUT2D eigenvalue weighted by atomic mass is 10.1. The van der Waals surface area contributed by atoms with Crippen LogP contribution in [0.4, 0.5) is 0 Å². The molecule has 0 aliphatic rings. The Morgan fingerprint density at radius 3 is 2.50 bits per heavy atom. The van der Waals surface area contributed by atoms with E-state index < -0.39 is 12.1 Å². The minimum atomic E-state index is -1.30. The molecule has 0 aromatic carbocycles. The number of carbonyl (C=O) groups is 2. The Bertz CT molecular complexity index is 164. The van der Waals surface area contributed by atoms with Crippen LogP contribution in [0.2, 0.25) is 0 Å². The van der Waals surface area contributed by atoms with Gasteiger partial charge in [-0.3, -0.25) is 4.79 Å². The number of aliphatic hydroxyl groups is 1. The van der Waals surface area contributed by atoms with Crippen LogP contribution >= 0.6 is 0 Å². The monoisotopic (exact) mass is 174 g/mol. The molecule has 0 saturated carbocycles. The molecule has 0 spiro atoms. The van der Waals surface area contributed by atoms with E-state index in [0.717, 1.165) is 6.42 Å². The van der Waals surface area contributed by atoms with E-state index in [-0.39, 0.29) is 12.2 Å². The minimum absolute atomic E-state index is 0.115. The predicted molar refractivity (Wildman–Crippen MR) is 42.6 cm³/mol. The Kier molecular flexibility index (Phi) is 5.28. The summed E-state index contributed by atoms with van der Waals surface area (Å²) in [5, 5.41) is 9.02. The summed E-state index contributed by atoms with van der Waals surface area (Å²) in [5.41, 5.74) is 0. The van der Waals surface area contributed by atoms with Crippen LogP contribution in [0.15, 0.2) is 0 Å². The van der Waals surface area contributed by atoms with E-state index >= 15 is 0 Å². The summed E-state index contributed by atoms with van der Waals surface area (Å²) in [7, 11) is 1.18. The SMILES string of the molecule is CCCC(=O)CC(O)C(=O)OC. The van der Waals surface area contributed by atoms with Gasteiger partial charge in [0.2, 0.25) is 0 Å². The number of methoxy groups -OCH3 is 1. The molecule has 1 unspecified atom stereocenters. The number of ether oxygens (including phenoxy) is 1. The van der Waals surface area contributed by atoms with Crippen molar-refractivity contribution >= 4 is 11.8 Å². The lowest BCUT2D eigenvalue weighted by Gasteiger charge is -2.05. The smallest absolute Gasteiger partial charge is 0.335 e. The largest absolute Gasteiger partial charge is 0.467 e.